The number of halogens is 1. The van der Waals surface area contributed by atoms with Gasteiger partial charge in [-0.15, -0.1) is 0 Å². The number of hydrogen-bond donors (Lipinski definition) is 1. The molecule has 0 aliphatic rings. The molecule has 0 saturated heterocycles. The second-order valence-electron chi connectivity index (χ2n) is 4.44. The minimum Gasteiger partial charge on any atom is -0.497 e. The van der Waals surface area contributed by atoms with Crippen molar-refractivity contribution in [3.05, 3.63) is 63.2 Å². The highest BCUT2D eigenvalue weighted by atomic mass is 35.5. The van der Waals surface area contributed by atoms with Crippen LogP contribution >= 0.6 is 23.1 Å². The summed E-state index contributed by atoms with van der Waals surface area (Å²) in [6.45, 7) is 0. The van der Waals surface area contributed by atoms with Crippen molar-refractivity contribution in [1.82, 2.24) is 8.94 Å². The topological polar surface area (TPSA) is 56.1 Å². The normalized spacial score (nSPS) is 10.5. The molecule has 0 amide bonds. The van der Waals surface area contributed by atoms with Gasteiger partial charge in [0.25, 0.3) is 0 Å². The number of nitrogens with zero attached hydrogens (tertiary/aromatic N) is 2. The Labute approximate surface area is 135 Å². The fraction of sp³-hybridized carbons (Fsp3) is 0.0667. The van der Waals surface area contributed by atoms with Gasteiger partial charge in [0.2, 0.25) is 5.95 Å². The largest absolute Gasteiger partial charge is 0.497 e. The first-order chi connectivity index (χ1) is 10.7. The van der Waals surface area contributed by atoms with Crippen LogP contribution in [-0.2, 0) is 0 Å². The quantitative estimate of drug-likeness (QED) is 0.791. The van der Waals surface area contributed by atoms with Gasteiger partial charge in [0.05, 0.1) is 12.8 Å². The van der Waals surface area contributed by atoms with Gasteiger partial charge in [-0.1, -0.05) is 23.7 Å². The fourth-order valence-electron chi connectivity index (χ4n) is 2.00. The molecule has 7 heteroatoms. The lowest BCUT2D eigenvalue weighted by Crippen LogP contribution is -2.13. The maximum absolute atomic E-state index is 12.1. The number of rotatable bonds is 4. The van der Waals surface area contributed by atoms with Crippen molar-refractivity contribution in [3.8, 4) is 11.4 Å². The van der Waals surface area contributed by atoms with E-state index in [0.717, 1.165) is 17.2 Å². The van der Waals surface area contributed by atoms with E-state index in [0.29, 0.717) is 22.4 Å². The highest BCUT2D eigenvalue weighted by molar-refractivity contribution is 7.03. The number of nitrogens with one attached hydrogen (secondary N) is 1. The number of anilines is 2. The number of ether oxygens (including phenoxy) is 1. The molecule has 1 heterocycles. The van der Waals surface area contributed by atoms with Crippen LogP contribution in [0.1, 0.15) is 0 Å². The third-order valence-corrected chi connectivity index (χ3v) is 3.83. The summed E-state index contributed by atoms with van der Waals surface area (Å²) < 4.78 is 10.9. The average Bonchev–Trinajstić information content (AvgIpc) is 2.88. The van der Waals surface area contributed by atoms with E-state index >= 15 is 0 Å². The summed E-state index contributed by atoms with van der Waals surface area (Å²) in [6.07, 6.45) is 0. The van der Waals surface area contributed by atoms with Crippen LogP contribution in [0.2, 0.25) is 5.02 Å². The van der Waals surface area contributed by atoms with Crippen molar-refractivity contribution in [2.75, 3.05) is 12.4 Å². The van der Waals surface area contributed by atoms with Crippen molar-refractivity contribution < 1.29 is 4.74 Å². The molecule has 0 fully saturated rings. The second-order valence-corrected chi connectivity index (χ2v) is 5.60. The molecule has 1 N–H and O–H groups in total. The minimum atomic E-state index is -0.183. The van der Waals surface area contributed by atoms with Crippen molar-refractivity contribution in [1.29, 1.82) is 0 Å². The maximum Gasteiger partial charge on any atom is 0.332 e. The molecule has 0 saturated carbocycles. The minimum absolute atomic E-state index is 0.183. The molecule has 0 atom stereocenters. The molecule has 0 aliphatic carbocycles. The Morgan fingerprint density at radius 3 is 2.82 bits per heavy atom. The smallest absolute Gasteiger partial charge is 0.332 e. The molecular formula is C15H12ClN3O2S. The lowest BCUT2D eigenvalue weighted by Gasteiger charge is -2.09. The van der Waals surface area contributed by atoms with Gasteiger partial charge in [-0.2, -0.15) is 4.37 Å². The summed E-state index contributed by atoms with van der Waals surface area (Å²) in [6, 6.07) is 14.5. The van der Waals surface area contributed by atoms with Gasteiger partial charge in [-0.3, -0.25) is 4.79 Å². The molecule has 2 aromatic carbocycles. The van der Waals surface area contributed by atoms with Crippen molar-refractivity contribution in [3.63, 3.8) is 0 Å². The van der Waals surface area contributed by atoms with Crippen LogP contribution in [0.3, 0.4) is 0 Å². The molecule has 0 radical (unpaired) electrons. The van der Waals surface area contributed by atoms with Crippen molar-refractivity contribution in [2.45, 2.75) is 0 Å². The lowest BCUT2D eigenvalue weighted by molar-refractivity contribution is 0.414. The summed E-state index contributed by atoms with van der Waals surface area (Å²) in [5.74, 6) is 1.11. The van der Waals surface area contributed by atoms with Gasteiger partial charge in [0, 0.05) is 28.3 Å². The van der Waals surface area contributed by atoms with Gasteiger partial charge in [-0.05, 0) is 30.3 Å². The Balaban J connectivity index is 2.02. The highest BCUT2D eigenvalue weighted by Crippen LogP contribution is 2.22. The summed E-state index contributed by atoms with van der Waals surface area (Å²) in [5, 5.41) is 3.71. The molecule has 112 valence electrons. The Hall–Kier alpha value is -2.31. The van der Waals surface area contributed by atoms with Crippen LogP contribution in [0.5, 0.6) is 5.75 Å². The van der Waals surface area contributed by atoms with E-state index < -0.39 is 0 Å². The molecule has 22 heavy (non-hydrogen) atoms. The molecule has 5 nitrogen and oxygen atoms in total. The van der Waals surface area contributed by atoms with E-state index in [4.69, 9.17) is 16.3 Å². The lowest BCUT2D eigenvalue weighted by atomic mass is 10.3. The molecule has 1 aromatic heterocycles. The first-order valence-corrected chi connectivity index (χ1v) is 7.58. The highest BCUT2D eigenvalue weighted by Gasteiger charge is 2.12. The number of methoxy groups -OCH3 is 1. The molecular weight excluding hydrogens is 322 g/mol. The van der Waals surface area contributed by atoms with E-state index in [1.807, 2.05) is 30.3 Å². The van der Waals surface area contributed by atoms with E-state index in [1.54, 1.807) is 25.3 Å². The van der Waals surface area contributed by atoms with Crippen LogP contribution in [0.25, 0.3) is 5.69 Å². The van der Waals surface area contributed by atoms with E-state index in [-0.39, 0.29) is 4.87 Å². The van der Waals surface area contributed by atoms with Crippen LogP contribution in [0.15, 0.2) is 53.3 Å². The van der Waals surface area contributed by atoms with Gasteiger partial charge < -0.3 is 10.1 Å². The molecule has 3 aromatic rings. The SMILES string of the molecule is COc1cccc(-n2c(Nc3cccc(Cl)c3)nsc2=O)c1. The summed E-state index contributed by atoms with van der Waals surface area (Å²) in [5.41, 5.74) is 1.44. The monoisotopic (exact) mass is 333 g/mol. The summed E-state index contributed by atoms with van der Waals surface area (Å²) in [7, 11) is 1.58. The predicted octanol–water partition coefficient (Wildman–Crippen LogP) is 3.70. The molecule has 0 aliphatic heterocycles. The summed E-state index contributed by atoms with van der Waals surface area (Å²) in [4.78, 5) is 11.9. The Bertz CT molecular complexity index is 860. The predicted molar refractivity (Wildman–Crippen MR) is 89.0 cm³/mol. The van der Waals surface area contributed by atoms with E-state index in [1.165, 1.54) is 4.57 Å². The summed E-state index contributed by atoms with van der Waals surface area (Å²) >= 11 is 6.85. The number of benzene rings is 2. The second kappa shape index (κ2) is 6.21. The molecule has 0 bridgehead atoms. The zero-order valence-electron chi connectivity index (χ0n) is 11.6. The molecule has 0 unspecified atom stereocenters. The van der Waals surface area contributed by atoms with Gasteiger partial charge in [-0.25, -0.2) is 4.57 Å². The van der Waals surface area contributed by atoms with Crippen LogP contribution < -0.4 is 14.9 Å². The third kappa shape index (κ3) is 2.98. The van der Waals surface area contributed by atoms with E-state index in [2.05, 4.69) is 9.69 Å². The van der Waals surface area contributed by atoms with Gasteiger partial charge >= 0.3 is 4.87 Å². The van der Waals surface area contributed by atoms with Gasteiger partial charge in [0.1, 0.15) is 5.75 Å². The first-order valence-electron chi connectivity index (χ1n) is 6.43. The van der Waals surface area contributed by atoms with Crippen LogP contribution in [-0.4, -0.2) is 16.1 Å². The molecule has 0 spiro atoms. The maximum atomic E-state index is 12.1. The molecule has 3 rings (SSSR count). The standard InChI is InChI=1S/C15H12ClN3O2S/c1-21-13-7-3-6-12(9-13)19-14(18-22-15(19)20)17-11-5-2-4-10(16)8-11/h2-9H,1H3,(H,17,18). The third-order valence-electron chi connectivity index (χ3n) is 3.00. The number of aromatic nitrogens is 2. The first kappa shape index (κ1) is 14.6. The van der Waals surface area contributed by atoms with Crippen LogP contribution in [0.4, 0.5) is 11.6 Å². The Morgan fingerprint density at radius 2 is 2.05 bits per heavy atom. The number of hydrogen-bond acceptors (Lipinski definition) is 5. The van der Waals surface area contributed by atoms with E-state index in [9.17, 15) is 4.79 Å². The van der Waals surface area contributed by atoms with Gasteiger partial charge in [0.15, 0.2) is 0 Å². The van der Waals surface area contributed by atoms with Crippen LogP contribution in [0, 0.1) is 0 Å². The fourth-order valence-corrected chi connectivity index (χ4v) is 2.76. The zero-order chi connectivity index (χ0) is 15.5. The average molecular weight is 334 g/mol. The Morgan fingerprint density at radius 1 is 1.23 bits per heavy atom. The van der Waals surface area contributed by atoms with Crippen molar-refractivity contribution in [2.24, 2.45) is 0 Å². The Kier molecular flexibility index (Phi) is 4.13. The zero-order valence-corrected chi connectivity index (χ0v) is 13.2. The van der Waals surface area contributed by atoms with Crippen molar-refractivity contribution >= 4 is 34.8 Å².